The molecule has 0 radical (unpaired) electrons. The molecule has 1 aliphatic rings. The fourth-order valence-electron chi connectivity index (χ4n) is 4.39. The molecule has 9 heteroatoms. The smallest absolute Gasteiger partial charge is 0.338 e. The summed E-state index contributed by atoms with van der Waals surface area (Å²) in [6.07, 6.45) is 1.80. The molecule has 198 valence electrons. The lowest BCUT2D eigenvalue weighted by atomic mass is 9.96. The maximum Gasteiger partial charge on any atom is 0.338 e. The molecule has 39 heavy (non-hydrogen) atoms. The Morgan fingerprint density at radius 2 is 1.87 bits per heavy atom. The molecule has 0 saturated heterocycles. The monoisotopic (exact) mass is 622 g/mol. The number of esters is 1. The van der Waals surface area contributed by atoms with E-state index in [1.807, 2.05) is 60.7 Å². The van der Waals surface area contributed by atoms with E-state index in [1.165, 1.54) is 11.3 Å². The van der Waals surface area contributed by atoms with Gasteiger partial charge in [-0.2, -0.15) is 0 Å². The van der Waals surface area contributed by atoms with Crippen molar-refractivity contribution in [1.29, 1.82) is 0 Å². The highest BCUT2D eigenvalue weighted by Gasteiger charge is 2.33. The number of nitrogens with zero attached hydrogens (tertiary/aromatic N) is 2. The van der Waals surface area contributed by atoms with Crippen molar-refractivity contribution in [1.82, 2.24) is 4.57 Å². The summed E-state index contributed by atoms with van der Waals surface area (Å²) in [7, 11) is 0. The summed E-state index contributed by atoms with van der Waals surface area (Å²) in [5.41, 5.74) is 3.09. The molecule has 0 amide bonds. The second kappa shape index (κ2) is 11.7. The van der Waals surface area contributed by atoms with Crippen molar-refractivity contribution < 1.29 is 14.3 Å². The average molecular weight is 624 g/mol. The van der Waals surface area contributed by atoms with Crippen LogP contribution in [0, 0.1) is 0 Å². The number of benzene rings is 3. The second-order valence-corrected chi connectivity index (χ2v) is 11.2. The number of carbonyl (C=O) groups is 1. The summed E-state index contributed by atoms with van der Waals surface area (Å²) in [6.45, 7) is 4.11. The fraction of sp³-hybridized carbons (Fsp3) is 0.167. The topological polar surface area (TPSA) is 69.9 Å². The van der Waals surface area contributed by atoms with Gasteiger partial charge < -0.3 is 9.47 Å². The first-order valence-corrected chi connectivity index (χ1v) is 14.3. The van der Waals surface area contributed by atoms with Crippen LogP contribution in [-0.2, 0) is 16.1 Å². The van der Waals surface area contributed by atoms with Gasteiger partial charge in [0.2, 0.25) is 0 Å². The summed E-state index contributed by atoms with van der Waals surface area (Å²) in [5.74, 6) is 0.141. The Morgan fingerprint density at radius 3 is 2.59 bits per heavy atom. The van der Waals surface area contributed by atoms with Gasteiger partial charge in [-0.3, -0.25) is 9.36 Å². The van der Waals surface area contributed by atoms with Gasteiger partial charge >= 0.3 is 5.97 Å². The first kappa shape index (κ1) is 27.1. The second-order valence-electron chi connectivity index (χ2n) is 8.81. The van der Waals surface area contributed by atoms with Crippen molar-refractivity contribution in [3.63, 3.8) is 0 Å². The zero-order chi connectivity index (χ0) is 27.5. The molecule has 1 aliphatic heterocycles. The first-order valence-electron chi connectivity index (χ1n) is 12.3. The van der Waals surface area contributed by atoms with Crippen LogP contribution < -0.4 is 19.6 Å². The van der Waals surface area contributed by atoms with Crippen molar-refractivity contribution in [2.45, 2.75) is 26.5 Å². The molecular weight excluding hydrogens is 600 g/mol. The van der Waals surface area contributed by atoms with Crippen molar-refractivity contribution in [2.75, 3.05) is 6.61 Å². The summed E-state index contributed by atoms with van der Waals surface area (Å²) in [5, 5.41) is 0.558. The minimum absolute atomic E-state index is 0.210. The molecule has 6 nitrogen and oxygen atoms in total. The standard InChI is InChI=1S/C30H24BrClN2O4S/c1-3-37-29(36)26-18(2)33-30-34(27(26)20-9-12-23(32)13-10-20)28(35)25(39-30)16-21-15-22(31)11-14-24(21)38-17-19-7-5-4-6-8-19/h4-16,27H,3,17H2,1-2H3/b25-16-/t27-/m0/s1. The van der Waals surface area contributed by atoms with Crippen molar-refractivity contribution in [2.24, 2.45) is 4.99 Å². The van der Waals surface area contributed by atoms with Crippen LogP contribution in [0.1, 0.15) is 36.6 Å². The number of hydrogen-bond donors (Lipinski definition) is 0. The minimum atomic E-state index is -0.698. The molecule has 0 spiro atoms. The van der Waals surface area contributed by atoms with Crippen molar-refractivity contribution in [3.8, 4) is 5.75 Å². The minimum Gasteiger partial charge on any atom is -0.488 e. The van der Waals surface area contributed by atoms with Gasteiger partial charge in [-0.25, -0.2) is 9.79 Å². The number of rotatable bonds is 7. The molecule has 0 bridgehead atoms. The molecule has 2 heterocycles. The van der Waals surface area contributed by atoms with Crippen LogP contribution in [0.4, 0.5) is 0 Å². The number of ether oxygens (including phenoxy) is 2. The van der Waals surface area contributed by atoms with Gasteiger partial charge in [-0.1, -0.05) is 81.3 Å². The van der Waals surface area contributed by atoms with E-state index in [9.17, 15) is 9.59 Å². The Balaban J connectivity index is 1.63. The maximum atomic E-state index is 13.9. The quantitative estimate of drug-likeness (QED) is 0.244. The number of halogens is 2. The number of fused-ring (bicyclic) bond motifs is 1. The number of aromatic nitrogens is 1. The van der Waals surface area contributed by atoms with Gasteiger partial charge in [0.1, 0.15) is 12.4 Å². The first-order chi connectivity index (χ1) is 18.9. The van der Waals surface area contributed by atoms with Gasteiger partial charge in [0, 0.05) is 15.1 Å². The molecule has 4 aromatic rings. The van der Waals surface area contributed by atoms with Crippen LogP contribution in [0.5, 0.6) is 5.75 Å². The van der Waals surface area contributed by atoms with E-state index >= 15 is 0 Å². The van der Waals surface area contributed by atoms with Crippen molar-refractivity contribution >= 4 is 50.9 Å². The molecule has 1 aromatic heterocycles. The summed E-state index contributed by atoms with van der Waals surface area (Å²) in [6, 6.07) is 22.0. The van der Waals surface area contributed by atoms with E-state index in [0.717, 1.165) is 21.2 Å². The van der Waals surface area contributed by atoms with Crippen LogP contribution in [0.25, 0.3) is 6.08 Å². The van der Waals surface area contributed by atoms with Crippen LogP contribution in [0.15, 0.2) is 98.3 Å². The molecule has 5 rings (SSSR count). The molecule has 3 aromatic carbocycles. The van der Waals surface area contributed by atoms with Gasteiger partial charge in [-0.05, 0) is 61.4 Å². The third-order valence-electron chi connectivity index (χ3n) is 6.20. The molecule has 0 N–H and O–H groups in total. The predicted octanol–water partition coefficient (Wildman–Crippen LogP) is 5.79. The number of thiazole rings is 1. The van der Waals surface area contributed by atoms with Gasteiger partial charge in [0.25, 0.3) is 5.56 Å². The van der Waals surface area contributed by atoms with Crippen LogP contribution in [0.3, 0.4) is 0 Å². The summed E-state index contributed by atoms with van der Waals surface area (Å²) in [4.78, 5) is 32.1. The zero-order valence-corrected chi connectivity index (χ0v) is 24.3. The van der Waals surface area contributed by atoms with Crippen LogP contribution in [-0.4, -0.2) is 17.1 Å². The summed E-state index contributed by atoms with van der Waals surface area (Å²) >= 11 is 10.9. The molecule has 0 saturated carbocycles. The zero-order valence-electron chi connectivity index (χ0n) is 21.2. The van der Waals surface area contributed by atoms with E-state index in [0.29, 0.717) is 38.0 Å². The third-order valence-corrected chi connectivity index (χ3v) is 7.93. The highest BCUT2D eigenvalue weighted by atomic mass is 79.9. The Labute approximate surface area is 242 Å². The maximum absolute atomic E-state index is 13.9. The van der Waals surface area contributed by atoms with Gasteiger partial charge in [0.05, 0.1) is 28.5 Å². The Morgan fingerprint density at radius 1 is 1.13 bits per heavy atom. The Bertz CT molecular complexity index is 1740. The Hall–Kier alpha value is -3.46. The number of hydrogen-bond acceptors (Lipinski definition) is 6. The van der Waals surface area contributed by atoms with Crippen LogP contribution in [0.2, 0.25) is 5.02 Å². The highest BCUT2D eigenvalue weighted by Crippen LogP contribution is 2.31. The molecule has 1 atom stereocenters. The lowest BCUT2D eigenvalue weighted by molar-refractivity contribution is -0.139. The largest absolute Gasteiger partial charge is 0.488 e. The van der Waals surface area contributed by atoms with E-state index in [1.54, 1.807) is 36.6 Å². The fourth-order valence-corrected chi connectivity index (χ4v) is 5.93. The van der Waals surface area contributed by atoms with Gasteiger partial charge in [0.15, 0.2) is 4.80 Å². The van der Waals surface area contributed by atoms with Crippen molar-refractivity contribution in [3.05, 3.63) is 130 Å². The van der Waals surface area contributed by atoms with E-state index in [4.69, 9.17) is 21.1 Å². The normalized spacial score (nSPS) is 15.1. The lowest BCUT2D eigenvalue weighted by Gasteiger charge is -2.24. The molecular formula is C30H24BrClN2O4S. The van der Waals surface area contributed by atoms with E-state index in [2.05, 4.69) is 20.9 Å². The average Bonchev–Trinajstić information content (AvgIpc) is 3.22. The van der Waals surface area contributed by atoms with E-state index in [-0.39, 0.29) is 12.2 Å². The SMILES string of the molecule is CCOC(=O)C1=C(C)N=c2s/c(=C\c3cc(Br)ccc3OCc3ccccc3)c(=O)n2[C@H]1c1ccc(Cl)cc1. The number of allylic oxidation sites excluding steroid dienone is 1. The van der Waals surface area contributed by atoms with Gasteiger partial charge in [-0.15, -0.1) is 0 Å². The van der Waals surface area contributed by atoms with E-state index < -0.39 is 12.0 Å². The summed E-state index contributed by atoms with van der Waals surface area (Å²) < 4.78 is 14.4. The molecule has 0 fully saturated rings. The molecule has 0 unspecified atom stereocenters. The lowest BCUT2D eigenvalue weighted by Crippen LogP contribution is -2.39. The highest BCUT2D eigenvalue weighted by molar-refractivity contribution is 9.10. The Kier molecular flexibility index (Phi) is 8.16. The number of carbonyl (C=O) groups excluding carboxylic acids is 1. The van der Waals surface area contributed by atoms with Crippen LogP contribution >= 0.6 is 38.9 Å². The predicted molar refractivity (Wildman–Crippen MR) is 157 cm³/mol. The molecule has 0 aliphatic carbocycles. The third kappa shape index (κ3) is 5.78.